The van der Waals surface area contributed by atoms with E-state index in [4.69, 9.17) is 24.2 Å². The van der Waals surface area contributed by atoms with Gasteiger partial charge >= 0.3 is 0 Å². The van der Waals surface area contributed by atoms with Gasteiger partial charge in [-0.2, -0.15) is 14.8 Å². The lowest BCUT2D eigenvalue weighted by atomic mass is 10.1. The van der Waals surface area contributed by atoms with Gasteiger partial charge in [0, 0.05) is 24.6 Å². The van der Waals surface area contributed by atoms with Gasteiger partial charge in [0.2, 0.25) is 0 Å². The SMILES string of the molecule is COc1cc2c(NC3CCCOC3)nc(-n3cncn3)nc2cc1OCCCN1CCCC1. The van der Waals surface area contributed by atoms with Crippen LogP contribution in [0.1, 0.15) is 32.1 Å². The highest BCUT2D eigenvalue weighted by atomic mass is 16.5. The van der Waals surface area contributed by atoms with Gasteiger partial charge in [0.05, 0.1) is 31.9 Å². The van der Waals surface area contributed by atoms with E-state index in [1.165, 1.54) is 32.3 Å². The summed E-state index contributed by atoms with van der Waals surface area (Å²) in [5, 5.41) is 8.61. The van der Waals surface area contributed by atoms with Gasteiger partial charge in [-0.1, -0.05) is 0 Å². The molecule has 0 aliphatic carbocycles. The molecule has 2 fully saturated rings. The molecule has 0 bridgehead atoms. The van der Waals surface area contributed by atoms with Crippen LogP contribution in [0, 0.1) is 0 Å². The summed E-state index contributed by atoms with van der Waals surface area (Å²) in [7, 11) is 1.66. The van der Waals surface area contributed by atoms with Crippen LogP contribution < -0.4 is 14.8 Å². The minimum atomic E-state index is 0.188. The Morgan fingerprint density at radius 1 is 1.15 bits per heavy atom. The van der Waals surface area contributed by atoms with Gasteiger partial charge in [-0.25, -0.2) is 9.97 Å². The molecule has 0 spiro atoms. The molecule has 4 heterocycles. The third-order valence-corrected chi connectivity index (χ3v) is 6.17. The first-order valence-electron chi connectivity index (χ1n) is 11.7. The van der Waals surface area contributed by atoms with E-state index >= 15 is 0 Å². The number of likely N-dealkylation sites (tertiary alicyclic amines) is 1. The zero-order valence-corrected chi connectivity index (χ0v) is 19.1. The summed E-state index contributed by atoms with van der Waals surface area (Å²) in [6.07, 6.45) is 8.69. The minimum Gasteiger partial charge on any atom is -0.493 e. The molecule has 0 saturated carbocycles. The molecule has 0 amide bonds. The smallest absolute Gasteiger partial charge is 0.254 e. The minimum absolute atomic E-state index is 0.188. The van der Waals surface area contributed by atoms with Crippen molar-refractivity contribution < 1.29 is 14.2 Å². The number of aromatic nitrogens is 5. The lowest BCUT2D eigenvalue weighted by Crippen LogP contribution is -2.30. The van der Waals surface area contributed by atoms with Gasteiger partial charge in [0.25, 0.3) is 5.95 Å². The zero-order valence-electron chi connectivity index (χ0n) is 19.1. The molecule has 1 N–H and O–H groups in total. The second kappa shape index (κ2) is 10.3. The molecule has 1 unspecified atom stereocenters. The largest absolute Gasteiger partial charge is 0.493 e. The van der Waals surface area contributed by atoms with E-state index in [0.717, 1.165) is 49.1 Å². The van der Waals surface area contributed by atoms with Crippen molar-refractivity contribution in [2.75, 3.05) is 51.9 Å². The van der Waals surface area contributed by atoms with Gasteiger partial charge in [-0.15, -0.1) is 0 Å². The molecule has 33 heavy (non-hydrogen) atoms. The molecule has 10 heteroatoms. The van der Waals surface area contributed by atoms with Crippen LogP contribution in [0.15, 0.2) is 24.8 Å². The van der Waals surface area contributed by atoms with E-state index < -0.39 is 0 Å². The third kappa shape index (κ3) is 5.17. The number of ether oxygens (including phenoxy) is 3. The Morgan fingerprint density at radius 3 is 2.82 bits per heavy atom. The highest BCUT2D eigenvalue weighted by Crippen LogP contribution is 2.35. The number of methoxy groups -OCH3 is 1. The number of hydrogen-bond acceptors (Lipinski definition) is 9. The van der Waals surface area contributed by atoms with E-state index in [1.54, 1.807) is 18.1 Å². The van der Waals surface area contributed by atoms with Gasteiger partial charge in [0.15, 0.2) is 11.5 Å². The lowest BCUT2D eigenvalue weighted by Gasteiger charge is -2.24. The number of nitrogens with one attached hydrogen (secondary N) is 1. The maximum Gasteiger partial charge on any atom is 0.254 e. The second-order valence-corrected chi connectivity index (χ2v) is 8.54. The van der Waals surface area contributed by atoms with Gasteiger partial charge < -0.3 is 24.4 Å². The first-order valence-corrected chi connectivity index (χ1v) is 11.7. The molecule has 5 rings (SSSR count). The van der Waals surface area contributed by atoms with E-state index in [0.29, 0.717) is 30.7 Å². The average Bonchev–Trinajstić information content (AvgIpc) is 3.56. The lowest BCUT2D eigenvalue weighted by molar-refractivity contribution is 0.0875. The van der Waals surface area contributed by atoms with Crippen molar-refractivity contribution in [2.45, 2.75) is 38.1 Å². The Bertz CT molecular complexity index is 1050. The van der Waals surface area contributed by atoms with Crippen LogP contribution >= 0.6 is 0 Å². The number of nitrogens with zero attached hydrogens (tertiary/aromatic N) is 6. The first kappa shape index (κ1) is 21.8. The predicted octanol–water partition coefficient (Wildman–Crippen LogP) is 2.67. The number of rotatable bonds is 9. The van der Waals surface area contributed by atoms with Crippen molar-refractivity contribution in [3.05, 3.63) is 24.8 Å². The molecule has 0 radical (unpaired) electrons. The van der Waals surface area contributed by atoms with Crippen molar-refractivity contribution in [1.82, 2.24) is 29.6 Å². The van der Waals surface area contributed by atoms with Crippen molar-refractivity contribution in [3.63, 3.8) is 0 Å². The fourth-order valence-corrected chi connectivity index (χ4v) is 4.45. The highest BCUT2D eigenvalue weighted by Gasteiger charge is 2.19. The standard InChI is InChI=1S/C23H31N7O3/c1-31-20-12-18-19(13-21(20)33-11-5-9-29-7-2-3-8-29)27-23(30-16-24-15-25-30)28-22(18)26-17-6-4-10-32-14-17/h12-13,15-17H,2-11,14H2,1H3,(H,26,27,28). The number of hydrogen-bond donors (Lipinski definition) is 1. The first-order chi connectivity index (χ1) is 16.3. The van der Waals surface area contributed by atoms with Crippen LogP contribution in [0.5, 0.6) is 11.5 Å². The Hall–Kier alpha value is -2.98. The van der Waals surface area contributed by atoms with E-state index in [-0.39, 0.29) is 6.04 Å². The molecular weight excluding hydrogens is 422 g/mol. The Morgan fingerprint density at radius 2 is 2.06 bits per heavy atom. The molecule has 10 nitrogen and oxygen atoms in total. The summed E-state index contributed by atoms with van der Waals surface area (Å²) >= 11 is 0. The number of fused-ring (bicyclic) bond motifs is 1. The topological polar surface area (TPSA) is 99.5 Å². The maximum absolute atomic E-state index is 6.13. The molecule has 3 aromatic rings. The molecule has 2 saturated heterocycles. The van der Waals surface area contributed by atoms with Crippen molar-refractivity contribution >= 4 is 16.7 Å². The van der Waals surface area contributed by atoms with Crippen LogP contribution in [-0.4, -0.2) is 82.2 Å². The summed E-state index contributed by atoms with van der Waals surface area (Å²) in [5.41, 5.74) is 0.755. The third-order valence-electron chi connectivity index (χ3n) is 6.17. The summed E-state index contributed by atoms with van der Waals surface area (Å²) in [4.78, 5) is 16.0. The van der Waals surface area contributed by atoms with Crippen LogP contribution in [-0.2, 0) is 4.74 Å². The highest BCUT2D eigenvalue weighted by molar-refractivity contribution is 5.92. The Kier molecular flexibility index (Phi) is 6.82. The van der Waals surface area contributed by atoms with Crippen molar-refractivity contribution in [3.8, 4) is 17.4 Å². The zero-order chi connectivity index (χ0) is 22.5. The summed E-state index contributed by atoms with van der Waals surface area (Å²) in [6.45, 7) is 5.54. The average molecular weight is 454 g/mol. The molecule has 2 aromatic heterocycles. The molecular formula is C23H31N7O3. The number of benzene rings is 1. The van der Waals surface area contributed by atoms with Crippen molar-refractivity contribution in [2.24, 2.45) is 0 Å². The van der Waals surface area contributed by atoms with Crippen LogP contribution in [0.2, 0.25) is 0 Å². The normalized spacial score (nSPS) is 19.1. The Labute approximate surface area is 193 Å². The number of anilines is 1. The van der Waals surface area contributed by atoms with E-state index in [1.807, 2.05) is 12.1 Å². The van der Waals surface area contributed by atoms with Crippen molar-refractivity contribution in [1.29, 1.82) is 0 Å². The fourth-order valence-electron chi connectivity index (χ4n) is 4.45. The summed E-state index contributed by atoms with van der Waals surface area (Å²) < 4.78 is 19.0. The van der Waals surface area contributed by atoms with Gasteiger partial charge in [-0.3, -0.25) is 0 Å². The quantitative estimate of drug-likeness (QED) is 0.490. The monoisotopic (exact) mass is 453 g/mol. The fraction of sp³-hybridized carbons (Fsp3) is 0.565. The summed E-state index contributed by atoms with van der Waals surface area (Å²) in [6, 6.07) is 4.06. The second-order valence-electron chi connectivity index (χ2n) is 8.54. The predicted molar refractivity (Wildman–Crippen MR) is 124 cm³/mol. The van der Waals surface area contributed by atoms with Crippen LogP contribution in [0.3, 0.4) is 0 Å². The van der Waals surface area contributed by atoms with E-state index in [2.05, 4.69) is 20.3 Å². The molecule has 1 atom stereocenters. The Balaban J connectivity index is 1.42. The summed E-state index contributed by atoms with van der Waals surface area (Å²) in [5.74, 6) is 2.52. The van der Waals surface area contributed by atoms with Gasteiger partial charge in [-0.05, 0) is 51.3 Å². The maximum atomic E-state index is 6.13. The van der Waals surface area contributed by atoms with Crippen LogP contribution in [0.25, 0.3) is 16.9 Å². The van der Waals surface area contributed by atoms with Gasteiger partial charge in [0.1, 0.15) is 18.5 Å². The van der Waals surface area contributed by atoms with E-state index in [9.17, 15) is 0 Å². The molecule has 176 valence electrons. The molecule has 2 aliphatic rings. The molecule has 1 aromatic carbocycles. The molecule has 2 aliphatic heterocycles. The van der Waals surface area contributed by atoms with Crippen LogP contribution in [0.4, 0.5) is 5.82 Å².